The summed E-state index contributed by atoms with van der Waals surface area (Å²) in [6.07, 6.45) is -1.93. The smallest absolute Gasteiger partial charge is 0.218 e. The standard InChI is InChI=1S/C13H26O4Si/c1-9-10(17-12(15-5)11(9)14)8-16-18(6,7)13(2,3)4/h9-10,12H,8H2,1-7H3/t9-,10-,12+/m1/s1/i8D2. The Morgan fingerprint density at radius 2 is 2.00 bits per heavy atom. The molecule has 0 spiro atoms. The molecule has 1 heterocycles. The van der Waals surface area contributed by atoms with Crippen molar-refractivity contribution in [2.24, 2.45) is 5.92 Å². The van der Waals surface area contributed by atoms with E-state index < -0.39 is 33.2 Å². The highest BCUT2D eigenvalue weighted by atomic mass is 28.4. The van der Waals surface area contributed by atoms with Crippen molar-refractivity contribution < 1.29 is 21.4 Å². The molecule has 0 unspecified atom stereocenters. The first-order valence-electron chi connectivity index (χ1n) is 7.25. The topological polar surface area (TPSA) is 44.8 Å². The minimum absolute atomic E-state index is 0.118. The van der Waals surface area contributed by atoms with E-state index >= 15 is 0 Å². The number of Topliss-reactive ketones (excluding diaryl/α,β-unsaturated/α-hetero) is 1. The minimum atomic E-state index is -2.30. The number of methoxy groups -OCH3 is 1. The van der Waals surface area contributed by atoms with Gasteiger partial charge in [0.15, 0.2) is 14.1 Å². The zero-order valence-electron chi connectivity index (χ0n) is 14.4. The van der Waals surface area contributed by atoms with Crippen LogP contribution >= 0.6 is 0 Å². The van der Waals surface area contributed by atoms with Gasteiger partial charge in [-0.1, -0.05) is 27.7 Å². The predicted molar refractivity (Wildman–Crippen MR) is 73.0 cm³/mol. The summed E-state index contributed by atoms with van der Waals surface area (Å²) in [7, 11) is -0.922. The number of carbonyl (C=O) groups is 1. The monoisotopic (exact) mass is 276 g/mol. The van der Waals surface area contributed by atoms with Gasteiger partial charge in [-0.15, -0.1) is 0 Å². The van der Waals surface area contributed by atoms with Gasteiger partial charge in [-0.05, 0) is 18.1 Å². The normalized spacial score (nSPS) is 32.4. The maximum atomic E-state index is 11.9. The number of hydrogen-bond donors (Lipinski definition) is 0. The zero-order chi connectivity index (χ0) is 15.9. The molecule has 0 aromatic heterocycles. The molecule has 1 rings (SSSR count). The third-order valence-electron chi connectivity index (χ3n) is 3.86. The summed E-state index contributed by atoms with van der Waals surface area (Å²) >= 11 is 0. The van der Waals surface area contributed by atoms with Gasteiger partial charge in [0.2, 0.25) is 6.29 Å². The average Bonchev–Trinajstić information content (AvgIpc) is 2.53. The van der Waals surface area contributed by atoms with E-state index in [9.17, 15) is 4.79 Å². The highest BCUT2D eigenvalue weighted by Gasteiger charge is 2.43. The summed E-state index contributed by atoms with van der Waals surface area (Å²) in [4.78, 5) is 11.9. The fourth-order valence-corrected chi connectivity index (χ4v) is 2.06. The molecule has 0 saturated carbocycles. The lowest BCUT2D eigenvalue weighted by Crippen LogP contribution is -2.43. The Balaban J connectivity index is 2.92. The van der Waals surface area contributed by atoms with Crippen molar-refractivity contribution in [3.8, 4) is 0 Å². The zero-order valence-corrected chi connectivity index (χ0v) is 13.4. The number of rotatable bonds is 4. The van der Waals surface area contributed by atoms with Crippen molar-refractivity contribution in [1.82, 2.24) is 0 Å². The SMILES string of the molecule is [2H]C([2H])(O[Si](C)(C)C(C)(C)C)[C@H]1O[C@H](OC)C(=O)[C@@H]1C. The highest BCUT2D eigenvalue weighted by molar-refractivity contribution is 6.74. The second-order valence-electron chi connectivity index (χ2n) is 6.30. The summed E-state index contributed by atoms with van der Waals surface area (Å²) in [6.45, 7) is 9.70. The van der Waals surface area contributed by atoms with Gasteiger partial charge < -0.3 is 13.9 Å². The highest BCUT2D eigenvalue weighted by Crippen LogP contribution is 2.37. The Labute approximate surface area is 114 Å². The number of ketones is 1. The quantitative estimate of drug-likeness (QED) is 0.740. The lowest BCUT2D eigenvalue weighted by molar-refractivity contribution is -0.152. The molecule has 18 heavy (non-hydrogen) atoms. The molecular formula is C13H26O4Si. The number of ether oxygens (including phenoxy) is 2. The Bertz CT molecular complexity index is 379. The molecule has 5 heteroatoms. The second-order valence-corrected chi connectivity index (χ2v) is 11.0. The maximum absolute atomic E-state index is 11.9. The lowest BCUT2D eigenvalue weighted by Gasteiger charge is -2.37. The number of hydrogen-bond acceptors (Lipinski definition) is 4. The van der Waals surface area contributed by atoms with E-state index in [1.54, 1.807) is 6.92 Å². The van der Waals surface area contributed by atoms with Crippen molar-refractivity contribution in [3.05, 3.63) is 0 Å². The van der Waals surface area contributed by atoms with Gasteiger partial charge in [-0.2, -0.15) is 0 Å². The van der Waals surface area contributed by atoms with E-state index in [0.717, 1.165) is 0 Å². The molecule has 0 radical (unpaired) electrons. The van der Waals surface area contributed by atoms with Crippen molar-refractivity contribution in [2.45, 2.75) is 58.2 Å². The molecular weight excluding hydrogens is 248 g/mol. The Kier molecular flexibility index (Phi) is 3.84. The maximum Gasteiger partial charge on any atom is 0.218 e. The molecule has 0 aromatic rings. The first-order chi connectivity index (χ1) is 8.83. The minimum Gasteiger partial charge on any atom is -0.414 e. The predicted octanol–water partition coefficient (Wildman–Crippen LogP) is 2.58. The Hall–Kier alpha value is -0.233. The van der Waals surface area contributed by atoms with Crippen LogP contribution in [0.3, 0.4) is 0 Å². The fourth-order valence-electron chi connectivity index (χ4n) is 1.34. The second kappa shape index (κ2) is 5.41. The third kappa shape index (κ3) is 3.20. The van der Waals surface area contributed by atoms with E-state index in [0.29, 0.717) is 0 Å². The van der Waals surface area contributed by atoms with Gasteiger partial charge in [0, 0.05) is 13.0 Å². The van der Waals surface area contributed by atoms with Crippen molar-refractivity contribution in [3.63, 3.8) is 0 Å². The first-order valence-corrected chi connectivity index (χ1v) is 9.16. The molecule has 0 aliphatic carbocycles. The summed E-state index contributed by atoms with van der Waals surface area (Å²) in [6, 6.07) is 0. The van der Waals surface area contributed by atoms with Gasteiger partial charge in [0.1, 0.15) is 0 Å². The molecule has 4 nitrogen and oxygen atoms in total. The molecule has 106 valence electrons. The van der Waals surface area contributed by atoms with Crippen LogP contribution in [0.1, 0.15) is 30.4 Å². The molecule has 0 N–H and O–H groups in total. The van der Waals surface area contributed by atoms with E-state index in [4.69, 9.17) is 16.6 Å². The molecule has 0 aromatic carbocycles. The van der Waals surface area contributed by atoms with Crippen LogP contribution in [0.2, 0.25) is 18.1 Å². The molecule has 1 fully saturated rings. The Morgan fingerprint density at radius 3 is 2.39 bits per heavy atom. The van der Waals surface area contributed by atoms with Gasteiger partial charge in [-0.25, -0.2) is 0 Å². The van der Waals surface area contributed by atoms with Crippen LogP contribution in [-0.4, -0.2) is 40.2 Å². The number of carbonyl (C=O) groups excluding carboxylic acids is 1. The van der Waals surface area contributed by atoms with E-state index in [1.807, 2.05) is 33.9 Å². The summed E-state index contributed by atoms with van der Waals surface area (Å²) in [5.41, 5.74) is 0. The van der Waals surface area contributed by atoms with Crippen LogP contribution in [0.4, 0.5) is 0 Å². The molecule has 0 bridgehead atoms. The van der Waals surface area contributed by atoms with E-state index in [1.165, 1.54) is 7.11 Å². The van der Waals surface area contributed by atoms with Crippen molar-refractivity contribution in [1.29, 1.82) is 0 Å². The van der Waals surface area contributed by atoms with Crippen LogP contribution in [-0.2, 0) is 18.7 Å². The molecule has 1 aliphatic heterocycles. The van der Waals surface area contributed by atoms with Gasteiger partial charge >= 0.3 is 0 Å². The van der Waals surface area contributed by atoms with Gasteiger partial charge in [-0.3, -0.25) is 4.79 Å². The van der Waals surface area contributed by atoms with Crippen LogP contribution in [0.5, 0.6) is 0 Å². The summed E-state index contributed by atoms with van der Waals surface area (Å²) < 4.78 is 32.5. The van der Waals surface area contributed by atoms with Crippen LogP contribution in [0, 0.1) is 5.92 Å². The lowest BCUT2D eigenvalue weighted by atomic mass is 10.0. The van der Waals surface area contributed by atoms with Crippen molar-refractivity contribution in [2.75, 3.05) is 13.7 Å². The summed E-state index contributed by atoms with van der Waals surface area (Å²) in [5.74, 6) is -0.820. The van der Waals surface area contributed by atoms with Crippen molar-refractivity contribution >= 4 is 14.1 Å². The van der Waals surface area contributed by atoms with Gasteiger partial charge in [0.05, 0.1) is 15.4 Å². The van der Waals surface area contributed by atoms with Crippen LogP contribution in [0.15, 0.2) is 0 Å². The largest absolute Gasteiger partial charge is 0.414 e. The Morgan fingerprint density at radius 1 is 1.44 bits per heavy atom. The average molecular weight is 276 g/mol. The van der Waals surface area contributed by atoms with E-state index in [2.05, 4.69) is 0 Å². The third-order valence-corrected chi connectivity index (χ3v) is 8.10. The molecule has 1 aliphatic rings. The molecule has 1 saturated heterocycles. The van der Waals surface area contributed by atoms with Gasteiger partial charge in [0.25, 0.3) is 0 Å². The summed E-state index contributed by atoms with van der Waals surface area (Å²) in [5, 5.41) is -0.118. The molecule has 0 amide bonds. The fraction of sp³-hybridized carbons (Fsp3) is 0.923. The van der Waals surface area contributed by atoms with Crippen LogP contribution < -0.4 is 0 Å². The van der Waals surface area contributed by atoms with Crippen LogP contribution in [0.25, 0.3) is 0 Å². The first kappa shape index (κ1) is 12.8. The molecule has 3 atom stereocenters. The van der Waals surface area contributed by atoms with E-state index in [-0.39, 0.29) is 10.8 Å².